The van der Waals surface area contributed by atoms with Crippen molar-refractivity contribution in [1.82, 2.24) is 20.1 Å². The molecule has 0 aromatic carbocycles. The van der Waals surface area contributed by atoms with Gasteiger partial charge in [-0.3, -0.25) is 9.59 Å². The Labute approximate surface area is 117 Å². The molecule has 110 valence electrons. The maximum Gasteiger partial charge on any atom is 0.303 e. The van der Waals surface area contributed by atoms with Crippen LogP contribution in [0.4, 0.5) is 0 Å². The number of carboxylic acid groups (broad SMARTS) is 1. The van der Waals surface area contributed by atoms with Gasteiger partial charge in [0.2, 0.25) is 5.91 Å². The lowest BCUT2D eigenvalue weighted by Crippen LogP contribution is -2.41. The predicted molar refractivity (Wildman–Crippen MR) is 70.8 cm³/mol. The summed E-state index contributed by atoms with van der Waals surface area (Å²) in [7, 11) is 0. The number of nitrogens with one attached hydrogen (secondary N) is 1. The third kappa shape index (κ3) is 4.04. The van der Waals surface area contributed by atoms with Crippen LogP contribution in [0.15, 0.2) is 12.7 Å². The first-order chi connectivity index (χ1) is 9.60. The predicted octanol–water partition coefficient (Wildman–Crippen LogP) is 0.819. The van der Waals surface area contributed by atoms with Crippen LogP contribution in [-0.2, 0) is 16.1 Å². The molecule has 1 saturated carbocycles. The summed E-state index contributed by atoms with van der Waals surface area (Å²) < 4.78 is 1.44. The van der Waals surface area contributed by atoms with E-state index in [1.54, 1.807) is 0 Å². The zero-order chi connectivity index (χ0) is 14.4. The second kappa shape index (κ2) is 6.49. The highest BCUT2D eigenvalue weighted by atomic mass is 16.4. The maximum atomic E-state index is 11.8. The number of aliphatic carboxylic acids is 1. The molecule has 0 atom stereocenters. The number of carboxylic acids is 1. The average molecular weight is 280 g/mol. The van der Waals surface area contributed by atoms with Crippen molar-refractivity contribution in [2.75, 3.05) is 6.54 Å². The smallest absolute Gasteiger partial charge is 0.303 e. The Hall–Kier alpha value is -1.92. The van der Waals surface area contributed by atoms with Crippen molar-refractivity contribution in [1.29, 1.82) is 0 Å². The first-order valence-electron chi connectivity index (χ1n) is 6.91. The summed E-state index contributed by atoms with van der Waals surface area (Å²) in [5, 5.41) is 15.8. The fraction of sp³-hybridized carbons (Fsp3) is 0.692. The number of aromatic nitrogens is 3. The molecule has 1 aliphatic carbocycles. The van der Waals surface area contributed by atoms with Gasteiger partial charge in [-0.25, -0.2) is 9.67 Å². The third-order valence-electron chi connectivity index (χ3n) is 3.87. The van der Waals surface area contributed by atoms with Crippen LogP contribution in [0.25, 0.3) is 0 Å². The van der Waals surface area contributed by atoms with Gasteiger partial charge < -0.3 is 10.4 Å². The number of hydrogen-bond donors (Lipinski definition) is 2. The summed E-state index contributed by atoms with van der Waals surface area (Å²) >= 11 is 0. The van der Waals surface area contributed by atoms with Gasteiger partial charge in [0.15, 0.2) is 0 Å². The number of carbonyl (C=O) groups is 2. The van der Waals surface area contributed by atoms with Crippen LogP contribution in [0.5, 0.6) is 0 Å². The van der Waals surface area contributed by atoms with Crippen molar-refractivity contribution >= 4 is 11.9 Å². The summed E-state index contributed by atoms with van der Waals surface area (Å²) in [6.07, 6.45) is 7.92. The minimum atomic E-state index is -0.794. The summed E-state index contributed by atoms with van der Waals surface area (Å²) in [5.41, 5.74) is -0.290. The molecule has 1 fully saturated rings. The summed E-state index contributed by atoms with van der Waals surface area (Å²) in [6.45, 7) is 0.538. The van der Waals surface area contributed by atoms with Crippen molar-refractivity contribution in [2.24, 2.45) is 5.41 Å². The van der Waals surface area contributed by atoms with Crippen LogP contribution in [0.2, 0.25) is 0 Å². The number of carbonyl (C=O) groups excluding carboxylic acids is 1. The lowest BCUT2D eigenvalue weighted by Gasteiger charge is -2.36. The van der Waals surface area contributed by atoms with Crippen molar-refractivity contribution in [3.05, 3.63) is 12.7 Å². The fourth-order valence-corrected chi connectivity index (χ4v) is 2.84. The largest absolute Gasteiger partial charge is 0.481 e. The lowest BCUT2D eigenvalue weighted by molar-refractivity contribution is -0.140. The molecule has 1 aliphatic rings. The Kier molecular flexibility index (Phi) is 4.70. The van der Waals surface area contributed by atoms with E-state index in [-0.39, 0.29) is 24.3 Å². The minimum absolute atomic E-state index is 0.114. The normalized spacial score (nSPS) is 17.6. The molecular weight excluding hydrogens is 260 g/mol. The second-order valence-corrected chi connectivity index (χ2v) is 5.50. The van der Waals surface area contributed by atoms with E-state index in [1.807, 2.05) is 0 Å². The van der Waals surface area contributed by atoms with Crippen molar-refractivity contribution in [3.8, 4) is 0 Å². The Bertz CT molecular complexity index is 452. The van der Waals surface area contributed by atoms with E-state index in [0.29, 0.717) is 6.54 Å². The molecule has 0 aliphatic heterocycles. The van der Waals surface area contributed by atoms with Crippen LogP contribution in [0.1, 0.15) is 38.5 Å². The standard InChI is InChI=1S/C13H20N4O3/c18-11(7-17-10-14-9-16-17)15-8-13(6-12(19)20)4-2-1-3-5-13/h9-10H,1-8H2,(H,15,18)(H,19,20). The second-order valence-electron chi connectivity index (χ2n) is 5.50. The number of amides is 1. The maximum absolute atomic E-state index is 11.8. The van der Waals surface area contributed by atoms with E-state index in [4.69, 9.17) is 5.11 Å². The van der Waals surface area contributed by atoms with Crippen molar-refractivity contribution < 1.29 is 14.7 Å². The molecular formula is C13H20N4O3. The molecule has 0 spiro atoms. The highest BCUT2D eigenvalue weighted by Crippen LogP contribution is 2.38. The Morgan fingerprint density at radius 3 is 2.65 bits per heavy atom. The monoisotopic (exact) mass is 280 g/mol. The van der Waals surface area contributed by atoms with Gasteiger partial charge in [0, 0.05) is 6.54 Å². The molecule has 1 heterocycles. The molecule has 0 saturated heterocycles. The first-order valence-corrected chi connectivity index (χ1v) is 6.91. The summed E-state index contributed by atoms with van der Waals surface area (Å²) in [5.74, 6) is -0.955. The van der Waals surface area contributed by atoms with E-state index in [2.05, 4.69) is 15.4 Å². The summed E-state index contributed by atoms with van der Waals surface area (Å²) in [6, 6.07) is 0. The van der Waals surface area contributed by atoms with Gasteiger partial charge in [-0.15, -0.1) is 0 Å². The van der Waals surface area contributed by atoms with Crippen LogP contribution >= 0.6 is 0 Å². The third-order valence-corrected chi connectivity index (χ3v) is 3.87. The van der Waals surface area contributed by atoms with Gasteiger partial charge in [-0.05, 0) is 18.3 Å². The molecule has 20 heavy (non-hydrogen) atoms. The lowest BCUT2D eigenvalue weighted by atomic mass is 9.71. The SMILES string of the molecule is O=C(O)CC1(CNC(=O)Cn2cncn2)CCCCC1. The Morgan fingerprint density at radius 2 is 2.05 bits per heavy atom. The minimum Gasteiger partial charge on any atom is -0.481 e. The average Bonchev–Trinajstić information content (AvgIpc) is 2.90. The van der Waals surface area contributed by atoms with Gasteiger partial charge in [0.05, 0.1) is 6.42 Å². The number of rotatable bonds is 6. The summed E-state index contributed by atoms with van der Waals surface area (Å²) in [4.78, 5) is 26.6. The van der Waals surface area contributed by atoms with Crippen LogP contribution in [0.3, 0.4) is 0 Å². The van der Waals surface area contributed by atoms with Crippen LogP contribution in [0, 0.1) is 5.41 Å². The quantitative estimate of drug-likeness (QED) is 0.804. The first kappa shape index (κ1) is 14.5. The van der Waals surface area contributed by atoms with Gasteiger partial charge >= 0.3 is 5.97 Å². The molecule has 7 heteroatoms. The molecule has 2 N–H and O–H groups in total. The van der Waals surface area contributed by atoms with Crippen LogP contribution in [-0.4, -0.2) is 38.3 Å². The van der Waals surface area contributed by atoms with Gasteiger partial charge in [-0.2, -0.15) is 5.10 Å². The van der Waals surface area contributed by atoms with Crippen LogP contribution < -0.4 is 5.32 Å². The molecule has 0 radical (unpaired) electrons. The number of nitrogens with zero attached hydrogens (tertiary/aromatic N) is 3. The van der Waals surface area contributed by atoms with E-state index < -0.39 is 5.97 Å². The van der Waals surface area contributed by atoms with Gasteiger partial charge in [0.25, 0.3) is 0 Å². The molecule has 1 amide bonds. The highest BCUT2D eigenvalue weighted by Gasteiger charge is 2.34. The van der Waals surface area contributed by atoms with Crippen molar-refractivity contribution in [3.63, 3.8) is 0 Å². The molecule has 1 aromatic heterocycles. The van der Waals surface area contributed by atoms with Crippen molar-refractivity contribution in [2.45, 2.75) is 45.1 Å². The Balaban J connectivity index is 1.87. The number of hydrogen-bond acceptors (Lipinski definition) is 4. The molecule has 0 bridgehead atoms. The van der Waals surface area contributed by atoms with Gasteiger partial charge in [-0.1, -0.05) is 19.3 Å². The fourth-order valence-electron chi connectivity index (χ4n) is 2.84. The Morgan fingerprint density at radius 1 is 1.30 bits per heavy atom. The molecule has 0 unspecified atom stereocenters. The van der Waals surface area contributed by atoms with E-state index in [9.17, 15) is 9.59 Å². The van der Waals surface area contributed by atoms with E-state index >= 15 is 0 Å². The molecule has 1 aromatic rings. The molecule has 7 nitrogen and oxygen atoms in total. The molecule has 2 rings (SSSR count). The zero-order valence-corrected chi connectivity index (χ0v) is 11.4. The topological polar surface area (TPSA) is 97.1 Å². The van der Waals surface area contributed by atoms with Gasteiger partial charge in [0.1, 0.15) is 19.2 Å². The van der Waals surface area contributed by atoms with E-state index in [0.717, 1.165) is 32.1 Å². The highest BCUT2D eigenvalue weighted by molar-refractivity contribution is 5.75. The zero-order valence-electron chi connectivity index (χ0n) is 11.4. The van der Waals surface area contributed by atoms with E-state index in [1.165, 1.54) is 17.3 Å².